The van der Waals surface area contributed by atoms with Gasteiger partial charge in [-0.1, -0.05) is 138 Å². The van der Waals surface area contributed by atoms with Crippen molar-refractivity contribution in [2.24, 2.45) is 0 Å². The quantitative estimate of drug-likeness (QED) is 0.0314. The standard InChI is InChI=1S/C62H124N4O16Si5/c1-75-55(67)24-36-63(37-25-56(68)76-2)32-17-44-83(9,10)48-21-51-87(54-86(15,16)47-20-35-66(42-30-61(73)81-7)43-31-62(74)82-8,52-22-49-84(11,12)45-18-33-64(38-26-57(69)77-3)39-27-58(70)78-4)53-23-50-85(13,14)46-19-34-65(40-28-59(71)79-5)41-29-60(72)80-6/h17-54H2,1-16H3. The van der Waals surface area contributed by atoms with Crippen molar-refractivity contribution >= 4 is 88.1 Å². The predicted molar refractivity (Wildman–Crippen MR) is 360 cm³/mol. The third-order valence-electron chi connectivity index (χ3n) is 17.7. The summed E-state index contributed by atoms with van der Waals surface area (Å²) >= 11 is 0. The Balaban J connectivity index is 7.12. The molecule has 0 aromatic heterocycles. The molecule has 0 atom stereocenters. The fourth-order valence-electron chi connectivity index (χ4n) is 12.2. The van der Waals surface area contributed by atoms with E-state index in [-0.39, 0.29) is 99.1 Å². The molecule has 0 radical (unpaired) electrons. The van der Waals surface area contributed by atoms with Gasteiger partial charge in [-0.3, -0.25) is 38.4 Å². The minimum absolute atomic E-state index is 0.259. The van der Waals surface area contributed by atoms with E-state index in [1.165, 1.54) is 118 Å². The Morgan fingerprint density at radius 3 is 0.563 bits per heavy atom. The molecule has 0 bridgehead atoms. The number of carbonyl (C=O) groups excluding carboxylic acids is 8. The van der Waals surface area contributed by atoms with E-state index >= 15 is 0 Å². The third-order valence-corrected chi connectivity index (χ3v) is 40.7. The van der Waals surface area contributed by atoms with Gasteiger partial charge < -0.3 is 57.5 Å². The van der Waals surface area contributed by atoms with Crippen molar-refractivity contribution in [2.45, 2.75) is 215 Å². The summed E-state index contributed by atoms with van der Waals surface area (Å²) in [6, 6.07) is 12.3. The normalized spacial score (nSPS) is 12.4. The molecule has 0 aromatic carbocycles. The largest absolute Gasteiger partial charge is 0.469 e. The third kappa shape index (κ3) is 43.9. The fraction of sp³-hybridized carbons (Fsp3) is 0.871. The van der Waals surface area contributed by atoms with E-state index in [4.69, 9.17) is 37.9 Å². The lowest BCUT2D eigenvalue weighted by Gasteiger charge is -2.41. The summed E-state index contributed by atoms with van der Waals surface area (Å²) in [5, 5.41) is 0. The highest BCUT2D eigenvalue weighted by Crippen LogP contribution is 2.40. The van der Waals surface area contributed by atoms with E-state index in [0.29, 0.717) is 52.4 Å². The van der Waals surface area contributed by atoms with Crippen LogP contribution < -0.4 is 0 Å². The highest BCUT2D eigenvalue weighted by molar-refractivity contribution is 6.96. The number of nitrogens with zero attached hydrogens (tertiary/aromatic N) is 4. The van der Waals surface area contributed by atoms with Crippen molar-refractivity contribution in [3.05, 3.63) is 0 Å². The molecule has 0 N–H and O–H groups in total. The summed E-state index contributed by atoms with van der Waals surface area (Å²) in [5.74, 6) is -2.08. The topological polar surface area (TPSA) is 223 Å². The lowest BCUT2D eigenvalue weighted by atomic mass is 10.3. The van der Waals surface area contributed by atoms with Gasteiger partial charge in [0.15, 0.2) is 0 Å². The predicted octanol–water partition coefficient (Wildman–Crippen LogP) is 10.3. The van der Waals surface area contributed by atoms with Crippen molar-refractivity contribution in [1.29, 1.82) is 0 Å². The Labute approximate surface area is 531 Å². The summed E-state index contributed by atoms with van der Waals surface area (Å²) < 4.78 is 39.7. The van der Waals surface area contributed by atoms with Crippen molar-refractivity contribution in [3.8, 4) is 0 Å². The maximum absolute atomic E-state index is 12.3. The average Bonchev–Trinajstić information content (AvgIpc) is 3.01. The van der Waals surface area contributed by atoms with Gasteiger partial charge >= 0.3 is 47.8 Å². The number of ether oxygens (including phenoxy) is 8. The van der Waals surface area contributed by atoms with Crippen LogP contribution in [-0.4, -0.2) is 243 Å². The molecular formula is C62H124N4O16Si5. The second-order valence-electron chi connectivity index (χ2n) is 27.3. The summed E-state index contributed by atoms with van der Waals surface area (Å²) in [4.78, 5) is 106. The highest BCUT2D eigenvalue weighted by atomic mass is 28.4. The van der Waals surface area contributed by atoms with Crippen LogP contribution in [-0.2, 0) is 76.3 Å². The first-order valence-corrected chi connectivity index (χ1v) is 48.9. The molecule has 0 fully saturated rings. The summed E-state index contributed by atoms with van der Waals surface area (Å²) in [6.07, 6.45) is 9.86. The maximum Gasteiger partial charge on any atom is 0.306 e. The molecule has 0 unspecified atom stereocenters. The fourth-order valence-corrected chi connectivity index (χ4v) is 36.4. The minimum Gasteiger partial charge on any atom is -0.469 e. The van der Waals surface area contributed by atoms with Crippen LogP contribution in [0.3, 0.4) is 0 Å². The van der Waals surface area contributed by atoms with Crippen molar-refractivity contribution < 1.29 is 76.3 Å². The summed E-state index contributed by atoms with van der Waals surface area (Å²) in [6.45, 7) is 28.0. The van der Waals surface area contributed by atoms with Gasteiger partial charge in [-0.25, -0.2) is 0 Å². The van der Waals surface area contributed by atoms with E-state index in [2.05, 4.69) is 72.0 Å². The molecule has 0 aliphatic carbocycles. The van der Waals surface area contributed by atoms with Crippen molar-refractivity contribution in [2.75, 3.05) is 135 Å². The van der Waals surface area contributed by atoms with Gasteiger partial charge in [0, 0.05) is 84.7 Å². The Morgan fingerprint density at radius 1 is 0.230 bits per heavy atom. The second kappa shape index (κ2) is 46.7. The van der Waals surface area contributed by atoms with E-state index in [1.807, 2.05) is 0 Å². The maximum atomic E-state index is 12.3. The Kier molecular flexibility index (Phi) is 44.9. The van der Waals surface area contributed by atoms with Gasteiger partial charge in [-0.05, 0) is 51.9 Å². The van der Waals surface area contributed by atoms with E-state index in [0.717, 1.165) is 76.0 Å². The Bertz CT molecular complexity index is 1740. The zero-order valence-corrected chi connectivity index (χ0v) is 62.7. The lowest BCUT2D eigenvalue weighted by molar-refractivity contribution is -0.142. The first kappa shape index (κ1) is 83.7. The number of rotatable bonds is 54. The summed E-state index contributed by atoms with van der Waals surface area (Å²) in [5.41, 5.74) is 1.36. The Hall–Kier alpha value is -3.32. The molecule has 20 nitrogen and oxygen atoms in total. The van der Waals surface area contributed by atoms with Gasteiger partial charge in [-0.15, -0.1) is 0 Å². The van der Waals surface area contributed by atoms with Crippen molar-refractivity contribution in [3.63, 3.8) is 0 Å². The summed E-state index contributed by atoms with van der Waals surface area (Å²) in [7, 11) is 2.41. The number of carbonyl (C=O) groups is 8. The lowest BCUT2D eigenvalue weighted by Crippen LogP contribution is -2.45. The number of methoxy groups -OCH3 is 8. The molecule has 0 heterocycles. The molecule has 87 heavy (non-hydrogen) atoms. The van der Waals surface area contributed by atoms with E-state index in [9.17, 15) is 38.4 Å². The number of esters is 8. The molecule has 508 valence electrons. The molecule has 0 aliphatic heterocycles. The molecule has 0 aliphatic rings. The number of hydrogen-bond acceptors (Lipinski definition) is 20. The molecule has 0 saturated heterocycles. The Morgan fingerprint density at radius 2 is 0.391 bits per heavy atom. The van der Waals surface area contributed by atoms with Crippen LogP contribution in [0.15, 0.2) is 0 Å². The molecule has 0 saturated carbocycles. The zero-order chi connectivity index (χ0) is 66.0. The SMILES string of the molecule is COC(=O)CCN(CCC[Si](C)(C)CCC[Si](CCC[Si](C)(C)CCCN(CCC(=O)OC)CCC(=O)OC)(CCC[Si](C)(C)CCCN(CCC(=O)OC)CCC(=O)OC)C[Si](C)(C)CCCN(CCC(=O)OC)CCC(=O)OC)CCC(=O)OC. The van der Waals surface area contributed by atoms with E-state index < -0.39 is 40.4 Å². The minimum atomic E-state index is -1.97. The van der Waals surface area contributed by atoms with Crippen molar-refractivity contribution in [1.82, 2.24) is 19.6 Å². The van der Waals surface area contributed by atoms with Gasteiger partial charge in [-0.2, -0.15) is 0 Å². The van der Waals surface area contributed by atoms with Crippen LogP contribution in [0.2, 0.25) is 118 Å². The number of hydrogen-bond donors (Lipinski definition) is 0. The first-order chi connectivity index (χ1) is 40.9. The van der Waals surface area contributed by atoms with Gasteiger partial charge in [0.25, 0.3) is 0 Å². The van der Waals surface area contributed by atoms with Crippen LogP contribution >= 0.6 is 0 Å². The molecule has 0 amide bonds. The molecule has 25 heteroatoms. The van der Waals surface area contributed by atoms with Crippen LogP contribution in [0.25, 0.3) is 0 Å². The molecule has 0 rings (SSSR count). The molecule has 0 spiro atoms. The molecular weight excluding hydrogens is 1200 g/mol. The van der Waals surface area contributed by atoms with Gasteiger partial charge in [0.1, 0.15) is 0 Å². The van der Waals surface area contributed by atoms with Crippen LogP contribution in [0, 0.1) is 0 Å². The molecule has 0 aromatic rings. The highest BCUT2D eigenvalue weighted by Gasteiger charge is 2.40. The average molecular weight is 1320 g/mol. The van der Waals surface area contributed by atoms with Gasteiger partial charge in [0.05, 0.1) is 116 Å². The smallest absolute Gasteiger partial charge is 0.306 e. The zero-order valence-electron chi connectivity index (χ0n) is 57.7. The van der Waals surface area contributed by atoms with Crippen LogP contribution in [0.5, 0.6) is 0 Å². The monoisotopic (exact) mass is 1320 g/mol. The first-order valence-electron chi connectivity index (χ1n) is 32.4. The van der Waals surface area contributed by atoms with Crippen LogP contribution in [0.1, 0.15) is 96.3 Å². The second-order valence-corrected chi connectivity index (χ2v) is 54.0. The van der Waals surface area contributed by atoms with Crippen LogP contribution in [0.4, 0.5) is 0 Å². The van der Waals surface area contributed by atoms with E-state index in [1.54, 1.807) is 0 Å². The van der Waals surface area contributed by atoms with Gasteiger partial charge in [0.2, 0.25) is 0 Å².